The maximum atomic E-state index is 3.66. The van der Waals surface area contributed by atoms with Crippen LogP contribution in [0.5, 0.6) is 0 Å². The first-order chi connectivity index (χ1) is 19.1. The lowest BCUT2D eigenvalue weighted by Crippen LogP contribution is -1.98. The molecule has 2 nitrogen and oxygen atoms in total. The monoisotopic (exact) mass is 518 g/mol. The summed E-state index contributed by atoms with van der Waals surface area (Å²) in [7, 11) is 0. The second-order valence-electron chi connectivity index (χ2n) is 10.9. The fourth-order valence-electron chi connectivity index (χ4n) is 4.98. The highest BCUT2D eigenvalue weighted by molar-refractivity contribution is 5.70. The van der Waals surface area contributed by atoms with Gasteiger partial charge in [-0.15, -0.1) is 0 Å². The van der Waals surface area contributed by atoms with E-state index < -0.39 is 0 Å². The Bertz CT molecular complexity index is 1080. The van der Waals surface area contributed by atoms with E-state index in [0.717, 1.165) is 42.0 Å². The topological polar surface area (TPSA) is 24.1 Å². The minimum absolute atomic E-state index is 0.907. The summed E-state index contributed by atoms with van der Waals surface area (Å²) in [6.45, 7) is 6.75. The van der Waals surface area contributed by atoms with E-state index in [1.54, 1.807) is 0 Å². The summed E-state index contributed by atoms with van der Waals surface area (Å²) in [4.78, 5) is 0. The molecule has 0 aliphatic heterocycles. The van der Waals surface area contributed by atoms with Gasteiger partial charge < -0.3 is 10.6 Å². The first-order valence-electron chi connectivity index (χ1n) is 15.1. The third-order valence-electron chi connectivity index (χ3n) is 7.37. The Kier molecular flexibility index (Phi) is 11.1. The smallest absolute Gasteiger partial charge is 0.0407 e. The highest BCUT2D eigenvalue weighted by atomic mass is 14.9. The zero-order valence-electron chi connectivity index (χ0n) is 24.2. The lowest BCUT2D eigenvalue weighted by Gasteiger charge is -2.15. The Hall–Kier alpha value is -3.52. The van der Waals surface area contributed by atoms with E-state index in [2.05, 4.69) is 122 Å². The molecule has 0 heterocycles. The van der Waals surface area contributed by atoms with E-state index in [1.165, 1.54) is 72.8 Å². The molecule has 204 valence electrons. The van der Waals surface area contributed by atoms with Gasteiger partial charge in [-0.25, -0.2) is 0 Å². The van der Waals surface area contributed by atoms with Crippen molar-refractivity contribution in [1.29, 1.82) is 0 Å². The zero-order chi connectivity index (χ0) is 27.3. The second kappa shape index (κ2) is 15.2. The fourth-order valence-corrected chi connectivity index (χ4v) is 4.98. The molecule has 2 N–H and O–H groups in total. The van der Waals surface area contributed by atoms with Crippen LogP contribution in [0.3, 0.4) is 0 Å². The molecule has 4 aromatic rings. The van der Waals surface area contributed by atoms with Crippen LogP contribution in [0.2, 0.25) is 0 Å². The molecule has 4 aromatic carbocycles. The van der Waals surface area contributed by atoms with Crippen LogP contribution in [-0.4, -0.2) is 0 Å². The summed E-state index contributed by atoms with van der Waals surface area (Å²) in [6.07, 6.45) is 11.8. The Morgan fingerprint density at radius 3 is 1.13 bits per heavy atom. The molecule has 0 atom stereocenters. The predicted octanol–water partition coefficient (Wildman–Crippen LogP) is 10.8. The molecule has 0 aromatic heterocycles. The van der Waals surface area contributed by atoms with Crippen LogP contribution < -0.4 is 10.6 Å². The van der Waals surface area contributed by atoms with Gasteiger partial charge in [-0.1, -0.05) is 88.6 Å². The molecule has 0 aliphatic carbocycles. The summed E-state index contributed by atoms with van der Waals surface area (Å²) in [6, 6.07) is 33.8. The minimum Gasteiger partial charge on any atom is -0.355 e. The summed E-state index contributed by atoms with van der Waals surface area (Å²) in [5.41, 5.74) is 11.3. The molecule has 2 heteroatoms. The van der Waals surface area contributed by atoms with Crippen LogP contribution in [-0.2, 0) is 25.7 Å². The van der Waals surface area contributed by atoms with Gasteiger partial charge in [-0.2, -0.15) is 0 Å². The highest BCUT2D eigenvalue weighted by Crippen LogP contribution is 2.27. The van der Waals surface area contributed by atoms with Crippen molar-refractivity contribution in [2.75, 3.05) is 10.6 Å². The Balaban J connectivity index is 1.53. The van der Waals surface area contributed by atoms with Crippen molar-refractivity contribution in [3.8, 4) is 0 Å². The van der Waals surface area contributed by atoms with Gasteiger partial charge in [0.15, 0.2) is 0 Å². The van der Waals surface area contributed by atoms with E-state index in [1.807, 2.05) is 0 Å². The van der Waals surface area contributed by atoms with Crippen LogP contribution >= 0.6 is 0 Å². The highest BCUT2D eigenvalue weighted by Gasteiger charge is 2.06. The van der Waals surface area contributed by atoms with Crippen molar-refractivity contribution < 1.29 is 0 Å². The van der Waals surface area contributed by atoms with Crippen molar-refractivity contribution in [2.45, 2.75) is 85.0 Å². The van der Waals surface area contributed by atoms with Gasteiger partial charge >= 0.3 is 0 Å². The lowest BCUT2D eigenvalue weighted by molar-refractivity contribution is 0.795. The molecule has 0 aliphatic rings. The number of hydrogen-bond donors (Lipinski definition) is 2. The van der Waals surface area contributed by atoms with Crippen LogP contribution in [0.4, 0.5) is 22.7 Å². The zero-order valence-corrected chi connectivity index (χ0v) is 24.2. The molecule has 0 radical (unpaired) electrons. The van der Waals surface area contributed by atoms with E-state index in [4.69, 9.17) is 0 Å². The van der Waals surface area contributed by atoms with Gasteiger partial charge in [0.2, 0.25) is 0 Å². The SMILES string of the molecule is CCCCc1ccc(Cc2cc(Nc3ccc(CCCC)cc3)cc(Nc3ccc(CCCC)cc3)c2)cc1. The Labute approximate surface area is 236 Å². The van der Waals surface area contributed by atoms with Gasteiger partial charge in [0.1, 0.15) is 0 Å². The van der Waals surface area contributed by atoms with Gasteiger partial charge in [0, 0.05) is 22.7 Å². The maximum absolute atomic E-state index is 3.66. The Morgan fingerprint density at radius 2 is 0.744 bits per heavy atom. The largest absolute Gasteiger partial charge is 0.355 e. The van der Waals surface area contributed by atoms with Gasteiger partial charge in [0.05, 0.1) is 0 Å². The van der Waals surface area contributed by atoms with Gasteiger partial charge in [-0.3, -0.25) is 0 Å². The molecule has 0 saturated carbocycles. The summed E-state index contributed by atoms with van der Waals surface area (Å²) >= 11 is 0. The molecule has 0 amide bonds. The molecule has 0 fully saturated rings. The normalized spacial score (nSPS) is 10.9. The number of benzene rings is 4. The minimum atomic E-state index is 0.907. The van der Waals surface area contributed by atoms with Crippen LogP contribution in [0.15, 0.2) is 91.0 Å². The lowest BCUT2D eigenvalue weighted by atomic mass is 10.0. The number of anilines is 4. The first kappa shape index (κ1) is 28.5. The third-order valence-corrected chi connectivity index (χ3v) is 7.37. The quantitative estimate of drug-likeness (QED) is 0.163. The van der Waals surface area contributed by atoms with Crippen molar-refractivity contribution in [1.82, 2.24) is 0 Å². The summed E-state index contributed by atoms with van der Waals surface area (Å²) < 4.78 is 0. The standard InChI is InChI=1S/C37H46N2/c1-4-7-10-29-13-15-32(16-14-29)25-33-26-36(38-34-21-17-30(18-22-34)11-8-5-2)28-37(27-33)39-35-23-19-31(20-24-35)12-9-6-3/h13-24,26-28,38-39H,4-12,25H2,1-3H3. The predicted molar refractivity (Wildman–Crippen MR) is 171 cm³/mol. The molecule has 0 bridgehead atoms. The average Bonchev–Trinajstić information content (AvgIpc) is 2.96. The van der Waals surface area contributed by atoms with E-state index >= 15 is 0 Å². The molecule has 0 unspecified atom stereocenters. The van der Waals surface area contributed by atoms with Crippen molar-refractivity contribution in [3.05, 3.63) is 119 Å². The fraction of sp³-hybridized carbons (Fsp3) is 0.351. The number of rotatable bonds is 15. The number of hydrogen-bond acceptors (Lipinski definition) is 2. The maximum Gasteiger partial charge on any atom is 0.0407 e. The molecule has 39 heavy (non-hydrogen) atoms. The van der Waals surface area contributed by atoms with Gasteiger partial charge in [-0.05, 0) is 115 Å². The molecular formula is C37H46N2. The molecule has 4 rings (SSSR count). The average molecular weight is 519 g/mol. The number of aryl methyl sites for hydroxylation is 3. The van der Waals surface area contributed by atoms with Crippen LogP contribution in [0.1, 0.15) is 87.1 Å². The first-order valence-corrected chi connectivity index (χ1v) is 15.1. The van der Waals surface area contributed by atoms with E-state index in [-0.39, 0.29) is 0 Å². The molecule has 0 saturated heterocycles. The number of unbranched alkanes of at least 4 members (excludes halogenated alkanes) is 3. The number of nitrogens with one attached hydrogen (secondary N) is 2. The van der Waals surface area contributed by atoms with Gasteiger partial charge in [0.25, 0.3) is 0 Å². The van der Waals surface area contributed by atoms with Crippen molar-refractivity contribution >= 4 is 22.7 Å². The van der Waals surface area contributed by atoms with Crippen LogP contribution in [0.25, 0.3) is 0 Å². The van der Waals surface area contributed by atoms with E-state index in [0.29, 0.717) is 0 Å². The summed E-state index contributed by atoms with van der Waals surface area (Å²) in [5.74, 6) is 0. The summed E-state index contributed by atoms with van der Waals surface area (Å²) in [5, 5.41) is 7.33. The Morgan fingerprint density at radius 1 is 0.385 bits per heavy atom. The van der Waals surface area contributed by atoms with Crippen molar-refractivity contribution in [3.63, 3.8) is 0 Å². The molecule has 0 spiro atoms. The van der Waals surface area contributed by atoms with Crippen molar-refractivity contribution in [2.24, 2.45) is 0 Å². The van der Waals surface area contributed by atoms with Crippen LogP contribution in [0, 0.1) is 0 Å². The van der Waals surface area contributed by atoms with E-state index in [9.17, 15) is 0 Å². The third kappa shape index (κ3) is 9.32. The second-order valence-corrected chi connectivity index (χ2v) is 10.9. The molecular weight excluding hydrogens is 472 g/mol.